The average Bonchev–Trinajstić information content (AvgIpc) is 2.37. The summed E-state index contributed by atoms with van der Waals surface area (Å²) in [6, 6.07) is 5.77. The molecule has 0 saturated heterocycles. The van der Waals surface area contributed by atoms with E-state index in [-0.39, 0.29) is 5.56 Å². The van der Waals surface area contributed by atoms with E-state index in [2.05, 4.69) is 0 Å². The van der Waals surface area contributed by atoms with Crippen LogP contribution in [0.1, 0.15) is 22.1 Å². The average molecular weight is 289 g/mol. The van der Waals surface area contributed by atoms with Crippen LogP contribution in [0, 0.1) is 30.2 Å². The second kappa shape index (κ2) is 5.21. The summed E-state index contributed by atoms with van der Waals surface area (Å²) in [7, 11) is 0. The lowest BCUT2D eigenvalue weighted by molar-refractivity contribution is 0.445. The molecule has 0 amide bonds. The minimum atomic E-state index is -1.54. The monoisotopic (exact) mass is 288 g/mol. The van der Waals surface area contributed by atoms with Crippen molar-refractivity contribution in [2.45, 2.75) is 12.3 Å². The highest BCUT2D eigenvalue weighted by Gasteiger charge is 2.17. The quantitative estimate of drug-likeness (QED) is 0.420. The smallest absolute Gasteiger partial charge is 0.194 e. The topological polar surface area (TPSA) is 0 Å². The van der Waals surface area contributed by atoms with E-state index < -0.39 is 28.6 Å². The lowest BCUT2D eigenvalue weighted by Crippen LogP contribution is -1.99. The molecule has 2 rings (SSSR count). The fourth-order valence-electron chi connectivity index (χ4n) is 1.74. The Morgan fingerprint density at radius 2 is 1.42 bits per heavy atom. The largest absolute Gasteiger partial charge is 0.207 e. The molecule has 0 heterocycles. The number of benzene rings is 2. The standard InChI is InChI=1S/C14H9ClF4/c1-7-4-8(2-3-10(7)16)13(15)9-5-11(17)14(19)12(18)6-9/h2-6,13H,1H3. The number of halogens is 5. The van der Waals surface area contributed by atoms with Gasteiger partial charge < -0.3 is 0 Å². The van der Waals surface area contributed by atoms with Crippen molar-refractivity contribution in [1.82, 2.24) is 0 Å². The molecule has 0 aliphatic carbocycles. The highest BCUT2D eigenvalue weighted by molar-refractivity contribution is 6.22. The summed E-state index contributed by atoms with van der Waals surface area (Å²) in [5.74, 6) is -4.55. The molecule has 2 aromatic rings. The zero-order valence-corrected chi connectivity index (χ0v) is 10.6. The summed E-state index contributed by atoms with van der Waals surface area (Å²) in [4.78, 5) is 0. The van der Waals surface area contributed by atoms with Crippen molar-refractivity contribution in [1.29, 1.82) is 0 Å². The lowest BCUT2D eigenvalue weighted by atomic mass is 10.0. The number of hydrogen-bond acceptors (Lipinski definition) is 0. The zero-order valence-electron chi connectivity index (χ0n) is 9.85. The summed E-state index contributed by atoms with van der Waals surface area (Å²) in [6.45, 7) is 1.55. The van der Waals surface area contributed by atoms with E-state index in [0.717, 1.165) is 12.1 Å². The molecule has 19 heavy (non-hydrogen) atoms. The third-order valence-corrected chi connectivity index (χ3v) is 3.28. The first-order chi connectivity index (χ1) is 8.90. The molecule has 0 saturated carbocycles. The Balaban J connectivity index is 2.43. The summed E-state index contributed by atoms with van der Waals surface area (Å²) >= 11 is 6.07. The normalized spacial score (nSPS) is 12.5. The highest BCUT2D eigenvalue weighted by atomic mass is 35.5. The van der Waals surface area contributed by atoms with Crippen LogP contribution >= 0.6 is 11.6 Å². The Bertz CT molecular complexity index is 602. The van der Waals surface area contributed by atoms with Gasteiger partial charge in [-0.3, -0.25) is 0 Å². The minimum absolute atomic E-state index is 0.0732. The molecule has 0 aromatic heterocycles. The number of rotatable bonds is 2. The van der Waals surface area contributed by atoms with E-state index in [9.17, 15) is 17.6 Å². The molecule has 2 aromatic carbocycles. The van der Waals surface area contributed by atoms with Crippen molar-refractivity contribution >= 4 is 11.6 Å². The molecule has 0 bridgehead atoms. The van der Waals surface area contributed by atoms with Crippen LogP contribution < -0.4 is 0 Å². The molecule has 0 aliphatic rings. The van der Waals surface area contributed by atoms with Gasteiger partial charge in [0.15, 0.2) is 17.5 Å². The van der Waals surface area contributed by atoms with Gasteiger partial charge in [-0.1, -0.05) is 12.1 Å². The minimum Gasteiger partial charge on any atom is -0.207 e. The first-order valence-corrected chi connectivity index (χ1v) is 5.88. The van der Waals surface area contributed by atoms with Crippen molar-refractivity contribution in [3.8, 4) is 0 Å². The fraction of sp³-hybridized carbons (Fsp3) is 0.143. The molecular weight excluding hydrogens is 280 g/mol. The Hall–Kier alpha value is -1.55. The maximum atomic E-state index is 13.1. The van der Waals surface area contributed by atoms with Crippen LogP contribution in [0.15, 0.2) is 30.3 Å². The van der Waals surface area contributed by atoms with E-state index in [1.807, 2.05) is 0 Å². The molecule has 0 fully saturated rings. The fourth-order valence-corrected chi connectivity index (χ4v) is 2.00. The van der Waals surface area contributed by atoms with Gasteiger partial charge in [-0.05, 0) is 41.8 Å². The van der Waals surface area contributed by atoms with Crippen LogP contribution in [-0.2, 0) is 0 Å². The summed E-state index contributed by atoms with van der Waals surface area (Å²) in [6.07, 6.45) is 0. The third kappa shape index (κ3) is 2.73. The summed E-state index contributed by atoms with van der Waals surface area (Å²) in [5.41, 5.74) is 0.918. The molecular formula is C14H9ClF4. The van der Waals surface area contributed by atoms with Crippen LogP contribution in [-0.4, -0.2) is 0 Å². The third-order valence-electron chi connectivity index (χ3n) is 2.77. The Kier molecular flexibility index (Phi) is 3.80. The van der Waals surface area contributed by atoms with Gasteiger partial charge >= 0.3 is 0 Å². The van der Waals surface area contributed by atoms with Gasteiger partial charge in [-0.2, -0.15) is 0 Å². The molecule has 0 nitrogen and oxygen atoms in total. The van der Waals surface area contributed by atoms with Crippen molar-refractivity contribution in [2.75, 3.05) is 0 Å². The first kappa shape index (κ1) is 13.9. The predicted octanol–water partition coefficient (Wildman–Crippen LogP) is 4.88. The molecule has 0 aliphatic heterocycles. The number of aryl methyl sites for hydroxylation is 1. The predicted molar refractivity (Wildman–Crippen MR) is 65.1 cm³/mol. The molecule has 0 spiro atoms. The van der Waals surface area contributed by atoms with Gasteiger partial charge in [0.05, 0.1) is 5.38 Å². The molecule has 5 heteroatoms. The van der Waals surface area contributed by atoms with Gasteiger partial charge in [-0.25, -0.2) is 17.6 Å². The van der Waals surface area contributed by atoms with Crippen molar-refractivity contribution < 1.29 is 17.6 Å². The second-order valence-corrected chi connectivity index (χ2v) is 4.61. The van der Waals surface area contributed by atoms with Gasteiger partial charge in [0.1, 0.15) is 5.82 Å². The van der Waals surface area contributed by atoms with E-state index in [1.165, 1.54) is 18.2 Å². The van der Waals surface area contributed by atoms with Crippen LogP contribution in [0.2, 0.25) is 0 Å². The van der Waals surface area contributed by atoms with Crippen molar-refractivity contribution in [3.63, 3.8) is 0 Å². The van der Waals surface area contributed by atoms with E-state index in [0.29, 0.717) is 11.1 Å². The van der Waals surface area contributed by atoms with E-state index in [4.69, 9.17) is 11.6 Å². The van der Waals surface area contributed by atoms with Crippen LogP contribution in [0.25, 0.3) is 0 Å². The maximum absolute atomic E-state index is 13.1. The van der Waals surface area contributed by atoms with Crippen LogP contribution in [0.4, 0.5) is 17.6 Å². The number of hydrogen-bond donors (Lipinski definition) is 0. The lowest BCUT2D eigenvalue weighted by Gasteiger charge is -2.12. The van der Waals surface area contributed by atoms with Gasteiger partial charge in [0, 0.05) is 0 Å². The molecule has 1 unspecified atom stereocenters. The number of alkyl halides is 1. The highest BCUT2D eigenvalue weighted by Crippen LogP contribution is 2.31. The van der Waals surface area contributed by atoms with Crippen LogP contribution in [0.3, 0.4) is 0 Å². The summed E-state index contributed by atoms with van der Waals surface area (Å²) < 4.78 is 52.2. The Labute approximate surface area is 112 Å². The van der Waals surface area contributed by atoms with Crippen molar-refractivity contribution in [2.24, 2.45) is 0 Å². The molecule has 0 radical (unpaired) electrons. The van der Waals surface area contributed by atoms with Gasteiger partial charge in [0.2, 0.25) is 0 Å². The molecule has 100 valence electrons. The van der Waals surface area contributed by atoms with Gasteiger partial charge in [-0.15, -0.1) is 11.6 Å². The maximum Gasteiger partial charge on any atom is 0.194 e. The first-order valence-electron chi connectivity index (χ1n) is 5.44. The van der Waals surface area contributed by atoms with E-state index in [1.54, 1.807) is 6.92 Å². The van der Waals surface area contributed by atoms with Gasteiger partial charge in [0.25, 0.3) is 0 Å². The SMILES string of the molecule is Cc1cc(C(Cl)c2cc(F)c(F)c(F)c2)ccc1F. The summed E-state index contributed by atoms with van der Waals surface area (Å²) in [5, 5.41) is -0.885. The second-order valence-electron chi connectivity index (χ2n) is 4.17. The molecule has 0 N–H and O–H groups in total. The molecule has 1 atom stereocenters. The van der Waals surface area contributed by atoms with E-state index >= 15 is 0 Å². The Morgan fingerprint density at radius 3 is 1.95 bits per heavy atom. The van der Waals surface area contributed by atoms with Crippen LogP contribution in [0.5, 0.6) is 0 Å². The Morgan fingerprint density at radius 1 is 0.842 bits per heavy atom. The zero-order chi connectivity index (χ0) is 14.2. The van der Waals surface area contributed by atoms with Crippen molar-refractivity contribution in [3.05, 3.63) is 70.3 Å².